The lowest BCUT2D eigenvalue weighted by Gasteiger charge is -1.95. The fourth-order valence-corrected chi connectivity index (χ4v) is 1.36. The molecule has 0 spiro atoms. The maximum absolute atomic E-state index is 4.39. The minimum Gasteiger partial charge on any atom is -0.359 e. The van der Waals surface area contributed by atoms with Gasteiger partial charge in [-0.3, -0.25) is 4.98 Å². The summed E-state index contributed by atoms with van der Waals surface area (Å²) in [5.74, 6) is 0.779. The Labute approximate surface area is 82.4 Å². The molecule has 14 heavy (non-hydrogen) atoms. The number of aryl methyl sites for hydroxylation is 1. The third kappa shape index (κ3) is 1.46. The van der Waals surface area contributed by atoms with Crippen LogP contribution in [-0.4, -0.2) is 22.0 Å². The van der Waals surface area contributed by atoms with Crippen molar-refractivity contribution in [1.82, 2.24) is 15.0 Å². The summed E-state index contributed by atoms with van der Waals surface area (Å²) in [6.45, 7) is 2.00. The zero-order valence-electron chi connectivity index (χ0n) is 8.20. The van der Waals surface area contributed by atoms with E-state index in [4.69, 9.17) is 0 Å². The highest BCUT2D eigenvalue weighted by Gasteiger charge is 2.07. The van der Waals surface area contributed by atoms with E-state index in [1.165, 1.54) is 0 Å². The topological polar surface area (TPSA) is 53.6 Å². The van der Waals surface area contributed by atoms with E-state index in [2.05, 4.69) is 20.3 Å². The van der Waals surface area contributed by atoms with Crippen LogP contribution in [0.25, 0.3) is 11.3 Å². The van der Waals surface area contributed by atoms with Gasteiger partial charge in [0, 0.05) is 30.7 Å². The Morgan fingerprint density at radius 1 is 1.43 bits per heavy atom. The molecule has 2 N–H and O–H groups in total. The van der Waals surface area contributed by atoms with Gasteiger partial charge in [-0.1, -0.05) is 0 Å². The van der Waals surface area contributed by atoms with Crippen LogP contribution in [0, 0.1) is 6.92 Å². The van der Waals surface area contributed by atoms with Crippen molar-refractivity contribution >= 4 is 5.95 Å². The number of hydrogen-bond donors (Lipinski definition) is 2. The summed E-state index contributed by atoms with van der Waals surface area (Å²) in [7, 11) is 1.84. The fraction of sp³-hybridized carbons (Fsp3) is 0.200. The monoisotopic (exact) mass is 188 g/mol. The van der Waals surface area contributed by atoms with Gasteiger partial charge in [-0.05, 0) is 19.1 Å². The van der Waals surface area contributed by atoms with Crippen LogP contribution in [0.1, 0.15) is 5.69 Å². The number of pyridine rings is 1. The van der Waals surface area contributed by atoms with E-state index < -0.39 is 0 Å². The maximum atomic E-state index is 4.39. The lowest BCUT2D eigenvalue weighted by atomic mass is 10.2. The first-order valence-electron chi connectivity index (χ1n) is 4.46. The Morgan fingerprint density at radius 3 is 2.86 bits per heavy atom. The first-order chi connectivity index (χ1) is 6.81. The molecule has 0 radical (unpaired) electrons. The quantitative estimate of drug-likeness (QED) is 0.755. The number of nitrogens with one attached hydrogen (secondary N) is 2. The highest BCUT2D eigenvalue weighted by atomic mass is 15.1. The average Bonchev–Trinajstić information content (AvgIpc) is 2.61. The van der Waals surface area contributed by atoms with Gasteiger partial charge in [-0.2, -0.15) is 0 Å². The molecule has 0 aliphatic heterocycles. The van der Waals surface area contributed by atoms with E-state index in [1.807, 2.05) is 32.3 Å². The van der Waals surface area contributed by atoms with Gasteiger partial charge in [0.15, 0.2) is 0 Å². The van der Waals surface area contributed by atoms with Gasteiger partial charge in [0.2, 0.25) is 5.95 Å². The lowest BCUT2D eigenvalue weighted by molar-refractivity contribution is 1.23. The van der Waals surface area contributed by atoms with Gasteiger partial charge in [0.25, 0.3) is 0 Å². The maximum Gasteiger partial charge on any atom is 0.200 e. The molecule has 0 unspecified atom stereocenters. The Morgan fingerprint density at radius 2 is 2.29 bits per heavy atom. The minimum atomic E-state index is 0.779. The van der Waals surface area contributed by atoms with E-state index in [0.29, 0.717) is 0 Å². The van der Waals surface area contributed by atoms with E-state index in [9.17, 15) is 0 Å². The first-order valence-corrected chi connectivity index (χ1v) is 4.46. The van der Waals surface area contributed by atoms with Crippen LogP contribution in [0.15, 0.2) is 24.5 Å². The fourth-order valence-electron chi connectivity index (χ4n) is 1.36. The lowest BCUT2D eigenvalue weighted by Crippen LogP contribution is -1.89. The molecule has 72 valence electrons. The van der Waals surface area contributed by atoms with Crippen molar-refractivity contribution in [3.05, 3.63) is 30.2 Å². The summed E-state index contributed by atoms with van der Waals surface area (Å²) in [5, 5.41) is 2.97. The molecule has 2 aromatic heterocycles. The molecule has 0 atom stereocenters. The number of aromatic amines is 1. The predicted molar refractivity (Wildman–Crippen MR) is 56.1 cm³/mol. The van der Waals surface area contributed by atoms with E-state index in [-0.39, 0.29) is 0 Å². The molecule has 0 aliphatic rings. The number of imidazole rings is 1. The van der Waals surface area contributed by atoms with Gasteiger partial charge < -0.3 is 10.3 Å². The Kier molecular flexibility index (Phi) is 2.18. The molecule has 0 saturated heterocycles. The van der Waals surface area contributed by atoms with Gasteiger partial charge in [-0.25, -0.2) is 4.98 Å². The van der Waals surface area contributed by atoms with Gasteiger partial charge in [-0.15, -0.1) is 0 Å². The van der Waals surface area contributed by atoms with E-state index in [0.717, 1.165) is 22.9 Å². The van der Waals surface area contributed by atoms with Crippen LogP contribution in [0.5, 0.6) is 0 Å². The summed E-state index contributed by atoms with van der Waals surface area (Å²) < 4.78 is 0. The second kappa shape index (κ2) is 3.49. The predicted octanol–water partition coefficient (Wildman–Crippen LogP) is 1.82. The van der Waals surface area contributed by atoms with Gasteiger partial charge >= 0.3 is 0 Å². The number of H-pyrrole nitrogens is 1. The van der Waals surface area contributed by atoms with Crippen LogP contribution < -0.4 is 5.32 Å². The molecule has 2 heterocycles. The highest BCUT2D eigenvalue weighted by molar-refractivity contribution is 5.62. The van der Waals surface area contributed by atoms with Crippen molar-refractivity contribution in [3.63, 3.8) is 0 Å². The molecular weight excluding hydrogens is 176 g/mol. The number of hydrogen-bond acceptors (Lipinski definition) is 3. The largest absolute Gasteiger partial charge is 0.359 e. The normalized spacial score (nSPS) is 10.1. The molecule has 0 aliphatic carbocycles. The Balaban J connectivity index is 2.46. The second-order valence-corrected chi connectivity index (χ2v) is 3.05. The van der Waals surface area contributed by atoms with Crippen molar-refractivity contribution in [1.29, 1.82) is 0 Å². The van der Waals surface area contributed by atoms with Crippen molar-refractivity contribution in [2.45, 2.75) is 6.92 Å². The minimum absolute atomic E-state index is 0.779. The van der Waals surface area contributed by atoms with Crippen LogP contribution in [-0.2, 0) is 0 Å². The van der Waals surface area contributed by atoms with Crippen molar-refractivity contribution in [3.8, 4) is 11.3 Å². The third-order valence-electron chi connectivity index (χ3n) is 2.06. The van der Waals surface area contributed by atoms with Crippen LogP contribution >= 0.6 is 0 Å². The van der Waals surface area contributed by atoms with Crippen molar-refractivity contribution in [2.75, 3.05) is 12.4 Å². The summed E-state index contributed by atoms with van der Waals surface area (Å²) in [6.07, 6.45) is 3.56. The highest BCUT2D eigenvalue weighted by Crippen LogP contribution is 2.21. The SMILES string of the molecule is CNc1nc(-c2cccnc2)c(C)[nH]1. The van der Waals surface area contributed by atoms with Gasteiger partial charge in [0.1, 0.15) is 0 Å². The molecule has 2 aromatic rings. The molecule has 0 bridgehead atoms. The van der Waals surface area contributed by atoms with Gasteiger partial charge in [0.05, 0.1) is 5.69 Å². The summed E-state index contributed by atoms with van der Waals surface area (Å²) in [5.41, 5.74) is 3.02. The smallest absolute Gasteiger partial charge is 0.200 e. The molecule has 4 heteroatoms. The van der Waals surface area contributed by atoms with E-state index in [1.54, 1.807) is 6.20 Å². The summed E-state index contributed by atoms with van der Waals surface area (Å²) >= 11 is 0. The van der Waals surface area contributed by atoms with Crippen LogP contribution in [0.4, 0.5) is 5.95 Å². The zero-order chi connectivity index (χ0) is 9.97. The van der Waals surface area contributed by atoms with E-state index >= 15 is 0 Å². The average molecular weight is 188 g/mol. The van der Waals surface area contributed by atoms with Crippen LogP contribution in [0.2, 0.25) is 0 Å². The summed E-state index contributed by atoms with van der Waals surface area (Å²) in [6, 6.07) is 3.90. The molecular formula is C10H12N4. The number of anilines is 1. The first kappa shape index (κ1) is 8.74. The molecule has 2 rings (SSSR count). The van der Waals surface area contributed by atoms with Crippen molar-refractivity contribution < 1.29 is 0 Å². The molecule has 0 aromatic carbocycles. The Bertz CT molecular complexity index is 419. The van der Waals surface area contributed by atoms with Crippen LogP contribution in [0.3, 0.4) is 0 Å². The number of rotatable bonds is 2. The molecule has 4 nitrogen and oxygen atoms in total. The second-order valence-electron chi connectivity index (χ2n) is 3.05. The molecule has 0 fully saturated rings. The number of aromatic nitrogens is 3. The molecule has 0 amide bonds. The third-order valence-corrected chi connectivity index (χ3v) is 2.06. The zero-order valence-corrected chi connectivity index (χ0v) is 8.20. The van der Waals surface area contributed by atoms with Crippen molar-refractivity contribution in [2.24, 2.45) is 0 Å². The number of nitrogens with zero attached hydrogens (tertiary/aromatic N) is 2. The molecule has 0 saturated carbocycles. The summed E-state index contributed by atoms with van der Waals surface area (Å²) in [4.78, 5) is 11.6. The Hall–Kier alpha value is -1.84. The standard InChI is InChI=1S/C10H12N4/c1-7-9(14-10(11-2)13-7)8-4-3-5-12-6-8/h3-6H,1-2H3,(H2,11,13,14).